The SMILES string of the molecule is C[C@@H](O[C@H]1OCCN(CC=O)[C@H]1c1ccc(F)cc1)c1cc(C(F)(F)F)cc(C(F)(F)F)c1. The number of hydrogen-bond donors (Lipinski definition) is 0. The molecule has 0 unspecified atom stereocenters. The normalized spacial score (nSPS) is 21.1. The third-order valence-corrected chi connectivity index (χ3v) is 5.25. The van der Waals surface area contributed by atoms with Gasteiger partial charge < -0.3 is 14.3 Å². The number of aldehydes is 1. The van der Waals surface area contributed by atoms with E-state index in [1.54, 1.807) is 4.90 Å². The van der Waals surface area contributed by atoms with Crippen LogP contribution in [0.25, 0.3) is 0 Å². The average molecular weight is 479 g/mol. The Labute approximate surface area is 184 Å². The molecule has 0 bridgehead atoms. The molecule has 11 heteroatoms. The standard InChI is InChI=1S/C22H20F7NO3/c1-13(15-10-16(21(24,25)26)12-17(11-15)22(27,28)29)33-20-19(14-2-4-18(23)5-3-14)30(6-8-31)7-9-32-20/h2-5,8,10-13,19-20H,6-7,9H2,1H3/t13-,19+,20-/m1/s1. The molecule has 1 saturated heterocycles. The van der Waals surface area contributed by atoms with Crippen molar-refractivity contribution in [3.05, 3.63) is 70.5 Å². The first kappa shape index (κ1) is 25.1. The fraction of sp³-hybridized carbons (Fsp3) is 0.409. The summed E-state index contributed by atoms with van der Waals surface area (Å²) in [5, 5.41) is 0. The highest BCUT2D eigenvalue weighted by Gasteiger charge is 2.39. The van der Waals surface area contributed by atoms with Crippen LogP contribution in [0.5, 0.6) is 0 Å². The highest BCUT2D eigenvalue weighted by atomic mass is 19.4. The molecule has 0 spiro atoms. The van der Waals surface area contributed by atoms with Gasteiger partial charge in [-0.1, -0.05) is 12.1 Å². The van der Waals surface area contributed by atoms with Crippen molar-refractivity contribution in [1.82, 2.24) is 4.90 Å². The van der Waals surface area contributed by atoms with Gasteiger partial charge in [0.15, 0.2) is 6.29 Å². The smallest absolute Gasteiger partial charge is 0.349 e. The highest BCUT2D eigenvalue weighted by molar-refractivity contribution is 5.52. The summed E-state index contributed by atoms with van der Waals surface area (Å²) in [6.45, 7) is 1.71. The van der Waals surface area contributed by atoms with Gasteiger partial charge in [-0.3, -0.25) is 4.90 Å². The average Bonchev–Trinajstić information content (AvgIpc) is 2.73. The van der Waals surface area contributed by atoms with E-state index in [0.29, 0.717) is 30.5 Å². The Morgan fingerprint density at radius 2 is 1.64 bits per heavy atom. The summed E-state index contributed by atoms with van der Waals surface area (Å²) >= 11 is 0. The Balaban J connectivity index is 1.94. The maximum Gasteiger partial charge on any atom is 0.416 e. The van der Waals surface area contributed by atoms with Crippen LogP contribution in [0.15, 0.2) is 42.5 Å². The number of carbonyl (C=O) groups excluding carboxylic acids is 1. The van der Waals surface area contributed by atoms with Crippen molar-refractivity contribution in [2.75, 3.05) is 19.7 Å². The van der Waals surface area contributed by atoms with E-state index in [1.807, 2.05) is 0 Å². The van der Waals surface area contributed by atoms with Gasteiger partial charge in [0.25, 0.3) is 0 Å². The van der Waals surface area contributed by atoms with Crippen LogP contribution in [-0.2, 0) is 26.6 Å². The molecule has 1 fully saturated rings. The third kappa shape index (κ3) is 6.10. The predicted octanol–water partition coefficient (Wildman–Crippen LogP) is 5.54. The first-order chi connectivity index (χ1) is 15.4. The van der Waals surface area contributed by atoms with Gasteiger partial charge in [-0.15, -0.1) is 0 Å². The van der Waals surface area contributed by atoms with Crippen molar-refractivity contribution < 1.29 is 45.0 Å². The highest BCUT2D eigenvalue weighted by Crippen LogP contribution is 2.39. The van der Waals surface area contributed by atoms with E-state index in [-0.39, 0.29) is 24.8 Å². The zero-order valence-corrected chi connectivity index (χ0v) is 17.3. The Morgan fingerprint density at radius 3 is 2.15 bits per heavy atom. The van der Waals surface area contributed by atoms with E-state index in [2.05, 4.69) is 0 Å². The molecule has 3 rings (SSSR count). The van der Waals surface area contributed by atoms with Gasteiger partial charge in [0.1, 0.15) is 12.1 Å². The summed E-state index contributed by atoms with van der Waals surface area (Å²) in [6, 6.07) is 5.76. The molecule has 4 nitrogen and oxygen atoms in total. The van der Waals surface area contributed by atoms with Crippen molar-refractivity contribution >= 4 is 6.29 Å². The number of hydrogen-bond acceptors (Lipinski definition) is 4. The molecule has 0 aliphatic carbocycles. The van der Waals surface area contributed by atoms with Crippen molar-refractivity contribution in [3.63, 3.8) is 0 Å². The second-order valence-corrected chi connectivity index (χ2v) is 7.51. The van der Waals surface area contributed by atoms with Crippen LogP contribution in [0, 0.1) is 5.82 Å². The molecule has 0 aromatic heterocycles. The number of rotatable bonds is 6. The van der Waals surface area contributed by atoms with Crippen LogP contribution in [0.4, 0.5) is 30.7 Å². The first-order valence-corrected chi connectivity index (χ1v) is 9.89. The molecule has 1 heterocycles. The summed E-state index contributed by atoms with van der Waals surface area (Å²) in [5.74, 6) is -0.508. The molecule has 0 N–H and O–H groups in total. The van der Waals surface area contributed by atoms with Crippen molar-refractivity contribution in [2.24, 2.45) is 0 Å². The van der Waals surface area contributed by atoms with Crippen LogP contribution >= 0.6 is 0 Å². The van der Waals surface area contributed by atoms with E-state index in [4.69, 9.17) is 9.47 Å². The summed E-state index contributed by atoms with van der Waals surface area (Å²) in [4.78, 5) is 12.8. The summed E-state index contributed by atoms with van der Waals surface area (Å²) in [5.41, 5.74) is -2.74. The molecule has 2 aromatic carbocycles. The predicted molar refractivity (Wildman–Crippen MR) is 102 cm³/mol. The van der Waals surface area contributed by atoms with E-state index >= 15 is 0 Å². The molecule has 0 amide bonds. The number of ether oxygens (including phenoxy) is 2. The van der Waals surface area contributed by atoms with E-state index in [9.17, 15) is 35.5 Å². The zero-order valence-electron chi connectivity index (χ0n) is 17.3. The second-order valence-electron chi connectivity index (χ2n) is 7.51. The van der Waals surface area contributed by atoms with E-state index in [1.165, 1.54) is 31.2 Å². The van der Waals surface area contributed by atoms with Crippen LogP contribution < -0.4 is 0 Å². The molecule has 33 heavy (non-hydrogen) atoms. The Morgan fingerprint density at radius 1 is 1.06 bits per heavy atom. The lowest BCUT2D eigenvalue weighted by molar-refractivity contribution is -0.228. The van der Waals surface area contributed by atoms with Crippen LogP contribution in [0.1, 0.15) is 41.3 Å². The summed E-state index contributed by atoms with van der Waals surface area (Å²) < 4.78 is 104. The van der Waals surface area contributed by atoms with Crippen molar-refractivity contribution in [1.29, 1.82) is 0 Å². The van der Waals surface area contributed by atoms with Gasteiger partial charge in [0, 0.05) is 6.54 Å². The third-order valence-electron chi connectivity index (χ3n) is 5.25. The van der Waals surface area contributed by atoms with Crippen LogP contribution in [-0.4, -0.2) is 37.2 Å². The quantitative estimate of drug-likeness (QED) is 0.403. The minimum absolute atomic E-state index is 0.0264. The molecule has 2 aromatic rings. The van der Waals surface area contributed by atoms with Gasteiger partial charge in [-0.05, 0) is 48.4 Å². The second kappa shape index (κ2) is 9.78. The minimum Gasteiger partial charge on any atom is -0.349 e. The van der Waals surface area contributed by atoms with Crippen molar-refractivity contribution in [2.45, 2.75) is 37.7 Å². The lowest BCUT2D eigenvalue weighted by atomic mass is 10.0. The summed E-state index contributed by atoms with van der Waals surface area (Å²) in [6.07, 6.45) is -11.7. The maximum atomic E-state index is 13.4. The van der Waals surface area contributed by atoms with E-state index in [0.717, 1.165) is 0 Å². The first-order valence-electron chi connectivity index (χ1n) is 9.89. The molecule has 1 aliphatic heterocycles. The lowest BCUT2D eigenvalue weighted by Crippen LogP contribution is -2.47. The fourth-order valence-electron chi connectivity index (χ4n) is 3.62. The van der Waals surface area contributed by atoms with Crippen LogP contribution in [0.3, 0.4) is 0 Å². The molecular formula is C22H20F7NO3. The number of carbonyl (C=O) groups is 1. The van der Waals surface area contributed by atoms with Crippen molar-refractivity contribution in [3.8, 4) is 0 Å². The summed E-state index contributed by atoms with van der Waals surface area (Å²) in [7, 11) is 0. The van der Waals surface area contributed by atoms with Gasteiger partial charge in [-0.25, -0.2) is 4.39 Å². The number of alkyl halides is 6. The molecule has 0 saturated carbocycles. The maximum absolute atomic E-state index is 13.4. The molecule has 3 atom stereocenters. The monoisotopic (exact) mass is 479 g/mol. The number of morpholine rings is 1. The molecular weight excluding hydrogens is 459 g/mol. The Hall–Kier alpha value is -2.50. The van der Waals surface area contributed by atoms with Gasteiger partial charge in [0.05, 0.1) is 36.4 Å². The fourth-order valence-corrected chi connectivity index (χ4v) is 3.62. The van der Waals surface area contributed by atoms with Gasteiger partial charge >= 0.3 is 12.4 Å². The van der Waals surface area contributed by atoms with Gasteiger partial charge in [-0.2, -0.15) is 26.3 Å². The Kier molecular flexibility index (Phi) is 7.45. The number of nitrogens with zero attached hydrogens (tertiary/aromatic N) is 1. The zero-order chi connectivity index (χ0) is 24.4. The van der Waals surface area contributed by atoms with Crippen LogP contribution in [0.2, 0.25) is 0 Å². The topological polar surface area (TPSA) is 38.8 Å². The molecule has 0 radical (unpaired) electrons. The largest absolute Gasteiger partial charge is 0.416 e. The van der Waals surface area contributed by atoms with E-state index < -0.39 is 47.7 Å². The Bertz CT molecular complexity index is 928. The molecule has 180 valence electrons. The van der Waals surface area contributed by atoms with Gasteiger partial charge in [0.2, 0.25) is 0 Å². The minimum atomic E-state index is -4.99. The number of benzene rings is 2. The lowest BCUT2D eigenvalue weighted by Gasteiger charge is -2.41. The molecule has 1 aliphatic rings. The number of halogens is 7.